The van der Waals surface area contributed by atoms with Gasteiger partial charge < -0.3 is 25.4 Å². The number of hydrogen-bond donors (Lipinski definition) is 2. The number of benzene rings is 1. The number of carbonyl (C=O) groups is 2. The molecule has 2 amide bonds. The van der Waals surface area contributed by atoms with E-state index in [1.807, 2.05) is 4.90 Å². The standard InChI is InChI=1S/C17H22ClN3O4/c1-24-14-7-10(6-13(18)16(14)25-9-15(19)22)17(23)21-11-2-3-12(21)8-20-5-4-11/h6-7,11-12,20H,2-5,8-9H2,1H3,(H2,19,22). The van der Waals surface area contributed by atoms with Crippen molar-refractivity contribution in [2.24, 2.45) is 5.73 Å². The lowest BCUT2D eigenvalue weighted by Gasteiger charge is -2.28. The molecule has 1 aromatic carbocycles. The smallest absolute Gasteiger partial charge is 0.255 e. The predicted molar refractivity (Wildman–Crippen MR) is 93.2 cm³/mol. The molecule has 0 aromatic heterocycles. The number of halogens is 1. The summed E-state index contributed by atoms with van der Waals surface area (Å²) in [6, 6.07) is 3.61. The van der Waals surface area contributed by atoms with Crippen LogP contribution in [-0.2, 0) is 4.79 Å². The average molecular weight is 368 g/mol. The number of fused-ring (bicyclic) bond motifs is 2. The number of amides is 2. The first-order valence-corrected chi connectivity index (χ1v) is 8.71. The SMILES string of the molecule is COc1cc(C(=O)N2C3CCNCC2CC3)cc(Cl)c1OCC(N)=O. The summed E-state index contributed by atoms with van der Waals surface area (Å²) in [5.41, 5.74) is 5.55. The Morgan fingerprint density at radius 2 is 2.08 bits per heavy atom. The molecule has 2 heterocycles. The molecule has 3 N–H and O–H groups in total. The minimum absolute atomic E-state index is 0.0575. The normalized spacial score (nSPS) is 22.4. The van der Waals surface area contributed by atoms with Gasteiger partial charge in [0.05, 0.1) is 12.1 Å². The molecule has 0 radical (unpaired) electrons. The first-order chi connectivity index (χ1) is 12.0. The van der Waals surface area contributed by atoms with Crippen molar-refractivity contribution in [2.45, 2.75) is 31.3 Å². The zero-order valence-electron chi connectivity index (χ0n) is 14.1. The molecule has 7 nitrogen and oxygen atoms in total. The van der Waals surface area contributed by atoms with E-state index in [4.69, 9.17) is 26.8 Å². The minimum atomic E-state index is -0.619. The second kappa shape index (κ2) is 7.49. The Morgan fingerprint density at radius 3 is 2.80 bits per heavy atom. The quantitative estimate of drug-likeness (QED) is 0.815. The van der Waals surface area contributed by atoms with Crippen molar-refractivity contribution < 1.29 is 19.1 Å². The second-order valence-electron chi connectivity index (χ2n) is 6.33. The molecular weight excluding hydrogens is 346 g/mol. The Morgan fingerprint density at radius 1 is 1.32 bits per heavy atom. The van der Waals surface area contributed by atoms with Crippen LogP contribution in [0.3, 0.4) is 0 Å². The Bertz CT molecular complexity index is 668. The molecule has 2 aliphatic heterocycles. The van der Waals surface area contributed by atoms with Gasteiger partial charge in [-0.25, -0.2) is 0 Å². The average Bonchev–Trinajstić information content (AvgIpc) is 2.84. The van der Waals surface area contributed by atoms with E-state index in [0.717, 1.165) is 32.4 Å². The van der Waals surface area contributed by atoms with Gasteiger partial charge in [-0.1, -0.05) is 11.6 Å². The van der Waals surface area contributed by atoms with Gasteiger partial charge in [-0.3, -0.25) is 9.59 Å². The van der Waals surface area contributed by atoms with E-state index in [0.29, 0.717) is 11.3 Å². The van der Waals surface area contributed by atoms with Crippen molar-refractivity contribution in [2.75, 3.05) is 26.8 Å². The first kappa shape index (κ1) is 17.8. The topological polar surface area (TPSA) is 93.9 Å². The maximum Gasteiger partial charge on any atom is 0.255 e. The molecular formula is C17H22ClN3O4. The number of primary amides is 1. The van der Waals surface area contributed by atoms with E-state index in [1.54, 1.807) is 12.1 Å². The number of nitrogens with zero attached hydrogens (tertiary/aromatic N) is 1. The van der Waals surface area contributed by atoms with Crippen LogP contribution in [0.25, 0.3) is 0 Å². The maximum absolute atomic E-state index is 13.1. The summed E-state index contributed by atoms with van der Waals surface area (Å²) in [5, 5.41) is 3.59. The molecule has 0 saturated carbocycles. The van der Waals surface area contributed by atoms with Crippen LogP contribution in [0, 0.1) is 0 Å². The van der Waals surface area contributed by atoms with E-state index in [1.165, 1.54) is 7.11 Å². The first-order valence-electron chi connectivity index (χ1n) is 8.33. The number of carbonyl (C=O) groups excluding carboxylic acids is 2. The highest BCUT2D eigenvalue weighted by molar-refractivity contribution is 6.32. The molecule has 2 unspecified atom stereocenters. The molecule has 0 aliphatic carbocycles. The van der Waals surface area contributed by atoms with Crippen LogP contribution in [0.1, 0.15) is 29.6 Å². The fourth-order valence-electron chi connectivity index (χ4n) is 3.59. The Labute approximate surface area is 151 Å². The van der Waals surface area contributed by atoms with Crippen LogP contribution < -0.4 is 20.5 Å². The highest BCUT2D eigenvalue weighted by Crippen LogP contribution is 2.38. The van der Waals surface area contributed by atoms with Gasteiger partial charge in [-0.15, -0.1) is 0 Å². The van der Waals surface area contributed by atoms with Gasteiger partial charge in [0.2, 0.25) is 0 Å². The predicted octanol–water partition coefficient (Wildman–Crippen LogP) is 1.18. The lowest BCUT2D eigenvalue weighted by atomic mass is 10.1. The van der Waals surface area contributed by atoms with Crippen LogP contribution in [-0.4, -0.2) is 55.6 Å². The fraction of sp³-hybridized carbons (Fsp3) is 0.529. The molecule has 2 aliphatic rings. The van der Waals surface area contributed by atoms with Crippen LogP contribution in [0.15, 0.2) is 12.1 Å². The fourth-order valence-corrected chi connectivity index (χ4v) is 3.85. The number of rotatable bonds is 5. The van der Waals surface area contributed by atoms with Crippen LogP contribution in [0.5, 0.6) is 11.5 Å². The maximum atomic E-state index is 13.1. The van der Waals surface area contributed by atoms with Gasteiger partial charge in [-0.2, -0.15) is 0 Å². The van der Waals surface area contributed by atoms with E-state index in [-0.39, 0.29) is 35.4 Å². The molecule has 2 saturated heterocycles. The molecule has 2 atom stereocenters. The highest BCUT2D eigenvalue weighted by Gasteiger charge is 2.38. The minimum Gasteiger partial charge on any atom is -0.493 e. The molecule has 1 aromatic rings. The lowest BCUT2D eigenvalue weighted by Crippen LogP contribution is -2.42. The molecule has 3 rings (SSSR count). The van der Waals surface area contributed by atoms with Crippen LogP contribution >= 0.6 is 11.6 Å². The Balaban J connectivity index is 1.88. The third-order valence-electron chi connectivity index (χ3n) is 4.72. The van der Waals surface area contributed by atoms with E-state index in [9.17, 15) is 9.59 Å². The summed E-state index contributed by atoms with van der Waals surface area (Å²) in [6.45, 7) is 1.42. The van der Waals surface area contributed by atoms with Crippen molar-refractivity contribution in [1.82, 2.24) is 10.2 Å². The number of methoxy groups -OCH3 is 1. The van der Waals surface area contributed by atoms with Gasteiger partial charge in [0.15, 0.2) is 18.1 Å². The summed E-state index contributed by atoms with van der Waals surface area (Å²) < 4.78 is 10.6. The Hall–Kier alpha value is -1.99. The van der Waals surface area contributed by atoms with E-state index < -0.39 is 5.91 Å². The van der Waals surface area contributed by atoms with Crippen LogP contribution in [0.4, 0.5) is 0 Å². The van der Waals surface area contributed by atoms with Crippen molar-refractivity contribution in [3.05, 3.63) is 22.7 Å². The zero-order chi connectivity index (χ0) is 18.0. The van der Waals surface area contributed by atoms with E-state index >= 15 is 0 Å². The van der Waals surface area contributed by atoms with Crippen molar-refractivity contribution >= 4 is 23.4 Å². The third kappa shape index (κ3) is 3.67. The summed E-state index contributed by atoms with van der Waals surface area (Å²) in [5.74, 6) is -0.165. The number of nitrogens with two attached hydrogens (primary N) is 1. The summed E-state index contributed by atoms with van der Waals surface area (Å²) in [4.78, 5) is 26.0. The molecule has 8 heteroatoms. The van der Waals surface area contributed by atoms with Gasteiger partial charge in [0, 0.05) is 24.2 Å². The number of hydrogen-bond acceptors (Lipinski definition) is 5. The van der Waals surface area contributed by atoms with Crippen molar-refractivity contribution in [3.8, 4) is 11.5 Å². The highest BCUT2D eigenvalue weighted by atomic mass is 35.5. The lowest BCUT2D eigenvalue weighted by molar-refractivity contribution is -0.119. The largest absolute Gasteiger partial charge is 0.493 e. The van der Waals surface area contributed by atoms with Gasteiger partial charge in [0.1, 0.15) is 0 Å². The summed E-state index contributed by atoms with van der Waals surface area (Å²) in [6.07, 6.45) is 2.99. The molecule has 0 spiro atoms. The molecule has 25 heavy (non-hydrogen) atoms. The third-order valence-corrected chi connectivity index (χ3v) is 5.00. The molecule has 2 bridgehead atoms. The second-order valence-corrected chi connectivity index (χ2v) is 6.74. The van der Waals surface area contributed by atoms with Crippen LogP contribution in [0.2, 0.25) is 5.02 Å². The zero-order valence-corrected chi connectivity index (χ0v) is 14.8. The monoisotopic (exact) mass is 367 g/mol. The van der Waals surface area contributed by atoms with E-state index in [2.05, 4.69) is 5.32 Å². The summed E-state index contributed by atoms with van der Waals surface area (Å²) >= 11 is 6.26. The summed E-state index contributed by atoms with van der Waals surface area (Å²) in [7, 11) is 1.45. The van der Waals surface area contributed by atoms with Gasteiger partial charge in [-0.05, 0) is 37.9 Å². The van der Waals surface area contributed by atoms with Crippen molar-refractivity contribution in [3.63, 3.8) is 0 Å². The molecule has 2 fully saturated rings. The number of ether oxygens (including phenoxy) is 2. The number of nitrogens with one attached hydrogen (secondary N) is 1. The Kier molecular flexibility index (Phi) is 5.34. The van der Waals surface area contributed by atoms with Crippen molar-refractivity contribution in [1.29, 1.82) is 0 Å². The van der Waals surface area contributed by atoms with Gasteiger partial charge >= 0.3 is 0 Å². The van der Waals surface area contributed by atoms with Gasteiger partial charge in [0.25, 0.3) is 11.8 Å². The molecule has 136 valence electrons.